The van der Waals surface area contributed by atoms with Crippen LogP contribution in [0.2, 0.25) is 0 Å². The first-order valence-electron chi connectivity index (χ1n) is 9.97. The van der Waals surface area contributed by atoms with Gasteiger partial charge in [0, 0.05) is 5.69 Å². The molecule has 0 aliphatic heterocycles. The summed E-state index contributed by atoms with van der Waals surface area (Å²) in [6.45, 7) is -1.01. The van der Waals surface area contributed by atoms with Crippen LogP contribution in [0.15, 0.2) is 82.7 Å². The van der Waals surface area contributed by atoms with Crippen molar-refractivity contribution < 1.29 is 18.3 Å². The van der Waals surface area contributed by atoms with E-state index in [9.17, 15) is 18.4 Å². The fraction of sp³-hybridized carbons (Fsp3) is 0.125. The fourth-order valence-corrected chi connectivity index (χ4v) is 4.09. The van der Waals surface area contributed by atoms with Gasteiger partial charge in [0.15, 0.2) is 5.16 Å². The number of aryl methyl sites for hydroxylation is 1. The van der Waals surface area contributed by atoms with Crippen LogP contribution in [-0.2, 0) is 4.79 Å². The first-order chi connectivity index (χ1) is 15.9. The van der Waals surface area contributed by atoms with Gasteiger partial charge in [-0.05, 0) is 55.0 Å². The Hall–Kier alpha value is -3.72. The Morgan fingerprint density at radius 2 is 1.76 bits per heavy atom. The van der Waals surface area contributed by atoms with E-state index in [0.717, 1.165) is 17.3 Å². The van der Waals surface area contributed by atoms with Gasteiger partial charge >= 0.3 is 6.61 Å². The highest BCUT2D eigenvalue weighted by molar-refractivity contribution is 7.99. The number of benzene rings is 3. The third-order valence-electron chi connectivity index (χ3n) is 4.80. The highest BCUT2D eigenvalue weighted by atomic mass is 32.2. The lowest BCUT2D eigenvalue weighted by atomic mass is 10.2. The van der Waals surface area contributed by atoms with Crippen molar-refractivity contribution in [3.05, 3.63) is 88.7 Å². The number of alkyl halides is 2. The van der Waals surface area contributed by atoms with Crippen molar-refractivity contribution in [2.75, 3.05) is 11.1 Å². The smallest absolute Gasteiger partial charge is 0.387 e. The molecule has 168 valence electrons. The Morgan fingerprint density at radius 3 is 2.48 bits per heavy atom. The zero-order valence-corrected chi connectivity index (χ0v) is 18.3. The number of carbonyl (C=O) groups excluding carboxylic acids is 1. The highest BCUT2D eigenvalue weighted by Gasteiger charge is 2.16. The maximum absolute atomic E-state index is 13.3. The monoisotopic (exact) mass is 467 g/mol. The number of fused-ring (bicyclic) bond motifs is 1. The Bertz CT molecular complexity index is 1360. The van der Waals surface area contributed by atoms with E-state index in [1.54, 1.807) is 24.3 Å². The number of carbonyl (C=O) groups is 1. The molecule has 1 amide bonds. The van der Waals surface area contributed by atoms with Crippen LogP contribution in [0.4, 0.5) is 14.5 Å². The normalized spacial score (nSPS) is 11.0. The molecule has 0 saturated carbocycles. The van der Waals surface area contributed by atoms with Gasteiger partial charge < -0.3 is 10.1 Å². The predicted molar refractivity (Wildman–Crippen MR) is 125 cm³/mol. The van der Waals surface area contributed by atoms with Gasteiger partial charge in [-0.1, -0.05) is 42.1 Å². The van der Waals surface area contributed by atoms with Gasteiger partial charge in [-0.2, -0.15) is 8.78 Å². The minimum Gasteiger partial charge on any atom is -0.435 e. The van der Waals surface area contributed by atoms with E-state index in [2.05, 4.69) is 15.0 Å². The number of rotatable bonds is 7. The molecule has 4 rings (SSSR count). The number of hydrogen-bond donors (Lipinski definition) is 1. The molecular weight excluding hydrogens is 448 g/mol. The summed E-state index contributed by atoms with van der Waals surface area (Å²) in [4.78, 5) is 30.4. The molecule has 1 heterocycles. The van der Waals surface area contributed by atoms with E-state index in [0.29, 0.717) is 27.4 Å². The number of hydrogen-bond acceptors (Lipinski definition) is 5. The maximum Gasteiger partial charge on any atom is 0.387 e. The van der Waals surface area contributed by atoms with Crippen molar-refractivity contribution in [3.8, 4) is 11.4 Å². The van der Waals surface area contributed by atoms with Crippen LogP contribution in [0.3, 0.4) is 0 Å². The molecule has 1 N–H and O–H groups in total. The van der Waals surface area contributed by atoms with Crippen molar-refractivity contribution in [2.24, 2.45) is 0 Å². The topological polar surface area (TPSA) is 73.2 Å². The average Bonchev–Trinajstić information content (AvgIpc) is 2.80. The zero-order chi connectivity index (χ0) is 23.4. The molecule has 3 aromatic carbocycles. The molecule has 0 saturated heterocycles. The zero-order valence-electron chi connectivity index (χ0n) is 17.5. The second-order valence-electron chi connectivity index (χ2n) is 7.08. The largest absolute Gasteiger partial charge is 0.435 e. The number of para-hydroxylation sites is 2. The number of aromatic nitrogens is 2. The first kappa shape index (κ1) is 22.5. The summed E-state index contributed by atoms with van der Waals surface area (Å²) in [5.41, 5.74) is 2.36. The van der Waals surface area contributed by atoms with Crippen molar-refractivity contribution in [2.45, 2.75) is 18.7 Å². The molecule has 9 heteroatoms. The standard InChI is InChI=1S/C24H19F2N3O3S/c1-15-6-2-5-9-20(15)29-22(31)18-7-3-4-8-19(18)28-24(29)33-14-21(30)27-16-10-12-17(13-11-16)32-23(25)26/h2-13,23H,14H2,1H3,(H,27,30). The van der Waals surface area contributed by atoms with E-state index in [-0.39, 0.29) is 23.0 Å². The van der Waals surface area contributed by atoms with Crippen LogP contribution in [0, 0.1) is 6.92 Å². The number of thioether (sulfide) groups is 1. The van der Waals surface area contributed by atoms with E-state index in [4.69, 9.17) is 0 Å². The molecule has 33 heavy (non-hydrogen) atoms. The quantitative estimate of drug-likeness (QED) is 0.305. The van der Waals surface area contributed by atoms with Gasteiger partial charge in [-0.15, -0.1) is 0 Å². The Labute approximate surface area is 192 Å². The lowest BCUT2D eigenvalue weighted by Gasteiger charge is -2.15. The minimum atomic E-state index is -2.91. The van der Waals surface area contributed by atoms with Crippen LogP contribution in [0.1, 0.15) is 5.56 Å². The summed E-state index contributed by atoms with van der Waals surface area (Å²) >= 11 is 1.13. The lowest BCUT2D eigenvalue weighted by molar-refractivity contribution is -0.113. The Morgan fingerprint density at radius 1 is 1.06 bits per heavy atom. The van der Waals surface area contributed by atoms with Crippen LogP contribution in [-0.4, -0.2) is 27.8 Å². The van der Waals surface area contributed by atoms with Crippen LogP contribution in [0.5, 0.6) is 5.75 Å². The molecular formula is C24H19F2N3O3S. The number of ether oxygens (including phenoxy) is 1. The predicted octanol–water partition coefficient (Wildman–Crippen LogP) is 5.03. The fourth-order valence-electron chi connectivity index (χ4n) is 3.28. The van der Waals surface area contributed by atoms with Gasteiger partial charge in [0.25, 0.3) is 5.56 Å². The molecule has 0 spiro atoms. The molecule has 0 atom stereocenters. The second kappa shape index (κ2) is 9.83. The van der Waals surface area contributed by atoms with Gasteiger partial charge in [0.1, 0.15) is 5.75 Å². The highest BCUT2D eigenvalue weighted by Crippen LogP contribution is 2.24. The van der Waals surface area contributed by atoms with Gasteiger partial charge in [-0.25, -0.2) is 4.98 Å². The van der Waals surface area contributed by atoms with E-state index >= 15 is 0 Å². The number of nitrogens with one attached hydrogen (secondary N) is 1. The molecule has 6 nitrogen and oxygen atoms in total. The van der Waals surface area contributed by atoms with Crippen molar-refractivity contribution in [3.63, 3.8) is 0 Å². The first-order valence-corrected chi connectivity index (χ1v) is 11.0. The summed E-state index contributed by atoms with van der Waals surface area (Å²) in [5, 5.41) is 3.58. The molecule has 0 fully saturated rings. The van der Waals surface area contributed by atoms with Crippen LogP contribution in [0.25, 0.3) is 16.6 Å². The number of anilines is 1. The van der Waals surface area contributed by atoms with Crippen molar-refractivity contribution >= 4 is 34.3 Å². The van der Waals surface area contributed by atoms with Gasteiger partial charge in [0.2, 0.25) is 5.91 Å². The van der Waals surface area contributed by atoms with E-state index in [1.807, 2.05) is 31.2 Å². The summed E-state index contributed by atoms with van der Waals surface area (Å²) < 4.78 is 30.4. The summed E-state index contributed by atoms with van der Waals surface area (Å²) in [5.74, 6) is -0.340. The summed E-state index contributed by atoms with van der Waals surface area (Å²) in [6.07, 6.45) is 0. The molecule has 0 radical (unpaired) electrons. The molecule has 0 unspecified atom stereocenters. The van der Waals surface area contributed by atoms with Crippen LogP contribution < -0.4 is 15.6 Å². The SMILES string of the molecule is Cc1ccccc1-n1c(SCC(=O)Nc2ccc(OC(F)F)cc2)nc2ccccc2c1=O. The molecule has 1 aromatic heterocycles. The lowest BCUT2D eigenvalue weighted by Crippen LogP contribution is -2.23. The average molecular weight is 467 g/mol. The number of halogens is 2. The number of nitrogens with zero attached hydrogens (tertiary/aromatic N) is 2. The van der Waals surface area contributed by atoms with Crippen molar-refractivity contribution in [1.82, 2.24) is 9.55 Å². The Balaban J connectivity index is 1.58. The molecule has 0 aliphatic rings. The van der Waals surface area contributed by atoms with E-state index in [1.165, 1.54) is 28.8 Å². The maximum atomic E-state index is 13.3. The van der Waals surface area contributed by atoms with E-state index < -0.39 is 6.61 Å². The third-order valence-corrected chi connectivity index (χ3v) is 5.74. The summed E-state index contributed by atoms with van der Waals surface area (Å²) in [6, 6.07) is 20.2. The van der Waals surface area contributed by atoms with Crippen molar-refractivity contribution in [1.29, 1.82) is 0 Å². The minimum absolute atomic E-state index is 0.0000133. The Kier molecular flexibility index (Phi) is 6.69. The van der Waals surface area contributed by atoms with Gasteiger partial charge in [0.05, 0.1) is 22.3 Å². The second-order valence-corrected chi connectivity index (χ2v) is 8.02. The van der Waals surface area contributed by atoms with Gasteiger partial charge in [-0.3, -0.25) is 14.2 Å². The van der Waals surface area contributed by atoms with Crippen LogP contribution >= 0.6 is 11.8 Å². The number of amides is 1. The molecule has 0 bridgehead atoms. The third kappa shape index (κ3) is 5.20. The summed E-state index contributed by atoms with van der Waals surface area (Å²) in [7, 11) is 0. The molecule has 4 aromatic rings. The molecule has 0 aliphatic carbocycles.